The van der Waals surface area contributed by atoms with E-state index in [1.165, 1.54) is 19.3 Å². The van der Waals surface area contributed by atoms with E-state index < -0.39 is 0 Å². The van der Waals surface area contributed by atoms with Gasteiger partial charge in [-0.25, -0.2) is 0 Å². The summed E-state index contributed by atoms with van der Waals surface area (Å²) >= 11 is 0. The Labute approximate surface area is 98.3 Å². The summed E-state index contributed by atoms with van der Waals surface area (Å²) in [6, 6.07) is 0. The molecule has 4 nitrogen and oxygen atoms in total. The molecule has 16 heavy (non-hydrogen) atoms. The van der Waals surface area contributed by atoms with Crippen LogP contribution < -0.4 is 16.4 Å². The largest absolute Gasteiger partial charge is 0.355 e. The molecule has 1 amide bonds. The lowest BCUT2D eigenvalue weighted by Gasteiger charge is -2.35. The van der Waals surface area contributed by atoms with Crippen LogP contribution in [0.15, 0.2) is 0 Å². The fraction of sp³-hybridized carbons (Fsp3) is 0.917. The number of carbonyl (C=O) groups is 1. The number of carbonyl (C=O) groups excluding carboxylic acids is 1. The van der Waals surface area contributed by atoms with Crippen LogP contribution in [0.2, 0.25) is 0 Å². The van der Waals surface area contributed by atoms with Gasteiger partial charge in [0.15, 0.2) is 0 Å². The van der Waals surface area contributed by atoms with E-state index in [1.807, 2.05) is 7.05 Å². The van der Waals surface area contributed by atoms with Gasteiger partial charge >= 0.3 is 0 Å². The molecule has 0 saturated heterocycles. The number of rotatable bonds is 6. The predicted octanol–water partition coefficient (Wildman–Crippen LogP) is 0.621. The van der Waals surface area contributed by atoms with Crippen LogP contribution in [0.1, 0.15) is 38.5 Å². The van der Waals surface area contributed by atoms with Crippen molar-refractivity contribution in [1.29, 1.82) is 0 Å². The van der Waals surface area contributed by atoms with Gasteiger partial charge in [0.1, 0.15) is 0 Å². The first kappa shape index (κ1) is 13.5. The molecule has 0 radical (unpaired) electrons. The molecular weight excluding hydrogens is 202 g/mol. The van der Waals surface area contributed by atoms with Gasteiger partial charge in [0.2, 0.25) is 5.91 Å². The van der Waals surface area contributed by atoms with Gasteiger partial charge in [-0.3, -0.25) is 4.79 Å². The standard InChI is InChI=1S/C12H25N3O/c1-14-7-8-15-11(16)9-12(10-13)5-3-2-4-6-12/h14H,2-10,13H2,1H3,(H,15,16). The first-order valence-electron chi connectivity index (χ1n) is 6.34. The molecular formula is C12H25N3O. The van der Waals surface area contributed by atoms with E-state index >= 15 is 0 Å². The molecule has 4 heteroatoms. The third kappa shape index (κ3) is 4.10. The van der Waals surface area contributed by atoms with Crippen molar-refractivity contribution in [3.63, 3.8) is 0 Å². The quantitative estimate of drug-likeness (QED) is 0.583. The van der Waals surface area contributed by atoms with Crippen LogP contribution >= 0.6 is 0 Å². The SMILES string of the molecule is CNCCNC(=O)CC1(CN)CCCCC1. The zero-order valence-electron chi connectivity index (χ0n) is 10.3. The Hall–Kier alpha value is -0.610. The zero-order valence-corrected chi connectivity index (χ0v) is 10.3. The summed E-state index contributed by atoms with van der Waals surface area (Å²) in [5.74, 6) is 0.155. The second kappa shape index (κ2) is 6.86. The highest BCUT2D eigenvalue weighted by atomic mass is 16.1. The molecule has 1 fully saturated rings. The Morgan fingerprint density at radius 2 is 1.94 bits per heavy atom. The maximum Gasteiger partial charge on any atom is 0.220 e. The highest BCUT2D eigenvalue weighted by Gasteiger charge is 2.32. The molecule has 0 bridgehead atoms. The lowest BCUT2D eigenvalue weighted by atomic mass is 9.71. The molecule has 0 aromatic rings. The van der Waals surface area contributed by atoms with Gasteiger partial charge in [-0.1, -0.05) is 19.3 Å². The summed E-state index contributed by atoms with van der Waals surface area (Å²) in [5.41, 5.74) is 5.93. The first-order chi connectivity index (χ1) is 7.72. The van der Waals surface area contributed by atoms with Crippen molar-refractivity contribution in [3.8, 4) is 0 Å². The first-order valence-corrected chi connectivity index (χ1v) is 6.34. The lowest BCUT2D eigenvalue weighted by molar-refractivity contribution is -0.123. The van der Waals surface area contributed by atoms with Crippen molar-refractivity contribution in [2.45, 2.75) is 38.5 Å². The van der Waals surface area contributed by atoms with E-state index in [0.717, 1.165) is 19.4 Å². The van der Waals surface area contributed by atoms with Gasteiger partial charge in [-0.2, -0.15) is 0 Å². The Morgan fingerprint density at radius 1 is 1.25 bits per heavy atom. The monoisotopic (exact) mass is 227 g/mol. The smallest absolute Gasteiger partial charge is 0.220 e. The van der Waals surface area contributed by atoms with E-state index in [9.17, 15) is 4.79 Å². The van der Waals surface area contributed by atoms with Crippen LogP contribution in [0, 0.1) is 5.41 Å². The van der Waals surface area contributed by atoms with Gasteiger partial charge in [-0.05, 0) is 31.8 Å². The number of hydrogen-bond donors (Lipinski definition) is 3. The molecule has 94 valence electrons. The second-order valence-electron chi connectivity index (χ2n) is 4.90. The predicted molar refractivity (Wildman–Crippen MR) is 66.1 cm³/mol. The Balaban J connectivity index is 2.33. The van der Waals surface area contributed by atoms with Crippen LogP contribution in [0.5, 0.6) is 0 Å². The summed E-state index contributed by atoms with van der Waals surface area (Å²) in [6.07, 6.45) is 6.57. The normalized spacial score (nSPS) is 19.4. The second-order valence-corrected chi connectivity index (χ2v) is 4.90. The molecule has 0 unspecified atom stereocenters. The molecule has 0 heterocycles. The summed E-state index contributed by atoms with van der Waals surface area (Å²) in [5, 5.41) is 5.94. The van der Waals surface area contributed by atoms with Crippen LogP contribution in [-0.4, -0.2) is 32.6 Å². The maximum absolute atomic E-state index is 11.8. The molecule has 4 N–H and O–H groups in total. The Kier molecular flexibility index (Phi) is 5.77. The minimum atomic E-state index is 0.0853. The molecule has 0 spiro atoms. The highest BCUT2D eigenvalue weighted by molar-refractivity contribution is 5.76. The maximum atomic E-state index is 11.8. The van der Waals surface area contributed by atoms with E-state index in [1.54, 1.807) is 0 Å². The molecule has 1 aliphatic carbocycles. The van der Waals surface area contributed by atoms with E-state index in [0.29, 0.717) is 19.5 Å². The number of likely N-dealkylation sites (N-methyl/N-ethyl adjacent to an activating group) is 1. The number of nitrogens with two attached hydrogens (primary N) is 1. The van der Waals surface area contributed by atoms with Gasteiger partial charge in [0, 0.05) is 19.5 Å². The van der Waals surface area contributed by atoms with Crippen LogP contribution in [0.25, 0.3) is 0 Å². The third-order valence-electron chi connectivity index (χ3n) is 3.58. The molecule has 0 aromatic carbocycles. The Morgan fingerprint density at radius 3 is 2.50 bits per heavy atom. The van der Waals surface area contributed by atoms with Crippen molar-refractivity contribution in [3.05, 3.63) is 0 Å². The van der Waals surface area contributed by atoms with Gasteiger partial charge < -0.3 is 16.4 Å². The minimum Gasteiger partial charge on any atom is -0.355 e. The lowest BCUT2D eigenvalue weighted by Crippen LogP contribution is -2.40. The molecule has 0 atom stereocenters. The number of nitrogens with one attached hydrogen (secondary N) is 2. The van der Waals surface area contributed by atoms with Crippen molar-refractivity contribution < 1.29 is 4.79 Å². The summed E-state index contributed by atoms with van der Waals surface area (Å²) < 4.78 is 0. The van der Waals surface area contributed by atoms with Crippen molar-refractivity contribution in [2.24, 2.45) is 11.1 Å². The van der Waals surface area contributed by atoms with Crippen molar-refractivity contribution in [1.82, 2.24) is 10.6 Å². The van der Waals surface area contributed by atoms with Gasteiger partial charge in [0.25, 0.3) is 0 Å². The summed E-state index contributed by atoms with van der Waals surface area (Å²) in [4.78, 5) is 11.8. The van der Waals surface area contributed by atoms with Crippen LogP contribution in [0.4, 0.5) is 0 Å². The van der Waals surface area contributed by atoms with Gasteiger partial charge in [-0.15, -0.1) is 0 Å². The fourth-order valence-corrected chi connectivity index (χ4v) is 2.48. The van der Waals surface area contributed by atoms with Crippen LogP contribution in [0.3, 0.4) is 0 Å². The van der Waals surface area contributed by atoms with Crippen molar-refractivity contribution in [2.75, 3.05) is 26.7 Å². The van der Waals surface area contributed by atoms with Crippen molar-refractivity contribution >= 4 is 5.91 Å². The molecule has 1 saturated carbocycles. The minimum absolute atomic E-state index is 0.0853. The number of amides is 1. The molecule has 0 aliphatic heterocycles. The van der Waals surface area contributed by atoms with E-state index in [-0.39, 0.29) is 11.3 Å². The van der Waals surface area contributed by atoms with E-state index in [4.69, 9.17) is 5.73 Å². The average molecular weight is 227 g/mol. The number of hydrogen-bond acceptors (Lipinski definition) is 3. The molecule has 0 aromatic heterocycles. The molecule has 1 aliphatic rings. The third-order valence-corrected chi connectivity index (χ3v) is 3.58. The van der Waals surface area contributed by atoms with Gasteiger partial charge in [0.05, 0.1) is 0 Å². The fourth-order valence-electron chi connectivity index (χ4n) is 2.48. The topological polar surface area (TPSA) is 67.1 Å². The molecule has 1 rings (SSSR count). The van der Waals surface area contributed by atoms with E-state index in [2.05, 4.69) is 10.6 Å². The summed E-state index contributed by atoms with van der Waals surface area (Å²) in [7, 11) is 1.88. The average Bonchev–Trinajstić information content (AvgIpc) is 2.30. The summed E-state index contributed by atoms with van der Waals surface area (Å²) in [6.45, 7) is 2.17. The van der Waals surface area contributed by atoms with Crippen LogP contribution in [-0.2, 0) is 4.79 Å². The highest BCUT2D eigenvalue weighted by Crippen LogP contribution is 2.38. The Bertz CT molecular complexity index is 212. The zero-order chi connectivity index (χ0) is 11.9.